The van der Waals surface area contributed by atoms with E-state index in [1.165, 1.54) is 12.1 Å². The monoisotopic (exact) mass is 307 g/mol. The molecule has 0 atom stereocenters. The fourth-order valence-corrected chi connectivity index (χ4v) is 2.03. The molecule has 0 spiro atoms. The molecule has 6 heteroatoms. The zero-order valence-electron chi connectivity index (χ0n) is 11.9. The van der Waals surface area contributed by atoms with Gasteiger partial charge in [0.15, 0.2) is 0 Å². The SMILES string of the molecule is CCOC(C)(C)CNCc1cc(Cl)ccc1OC(F)F. The molecular weight excluding hydrogens is 288 g/mol. The second-order valence-electron chi connectivity index (χ2n) is 4.93. The van der Waals surface area contributed by atoms with Crippen molar-refractivity contribution in [3.8, 4) is 5.75 Å². The van der Waals surface area contributed by atoms with E-state index in [0.717, 1.165) is 0 Å². The summed E-state index contributed by atoms with van der Waals surface area (Å²) in [7, 11) is 0. The molecule has 1 aromatic rings. The second-order valence-corrected chi connectivity index (χ2v) is 5.36. The summed E-state index contributed by atoms with van der Waals surface area (Å²) in [4.78, 5) is 0. The van der Waals surface area contributed by atoms with Gasteiger partial charge in [0.25, 0.3) is 0 Å². The van der Waals surface area contributed by atoms with E-state index in [4.69, 9.17) is 16.3 Å². The Kier molecular flexibility index (Phi) is 6.65. The van der Waals surface area contributed by atoms with Crippen LogP contribution in [0.2, 0.25) is 5.02 Å². The lowest BCUT2D eigenvalue weighted by Crippen LogP contribution is -2.37. The minimum atomic E-state index is -2.85. The average molecular weight is 308 g/mol. The first-order chi connectivity index (χ1) is 9.34. The molecule has 0 fully saturated rings. The maximum atomic E-state index is 12.3. The van der Waals surface area contributed by atoms with Crippen LogP contribution in [0, 0.1) is 0 Å². The van der Waals surface area contributed by atoms with E-state index >= 15 is 0 Å². The van der Waals surface area contributed by atoms with Crippen molar-refractivity contribution in [1.29, 1.82) is 0 Å². The van der Waals surface area contributed by atoms with Gasteiger partial charge in [-0.1, -0.05) is 11.6 Å². The summed E-state index contributed by atoms with van der Waals surface area (Å²) >= 11 is 5.88. The molecule has 114 valence electrons. The van der Waals surface area contributed by atoms with Crippen LogP contribution in [0.1, 0.15) is 26.3 Å². The molecule has 0 heterocycles. The standard InChI is InChI=1S/C14H20ClF2NO2/c1-4-19-14(2,3)9-18-8-10-7-11(15)5-6-12(10)20-13(16)17/h5-7,13,18H,4,8-9H2,1-3H3. The molecule has 0 amide bonds. The molecule has 0 aliphatic rings. The van der Waals surface area contributed by atoms with Crippen LogP contribution in [0.4, 0.5) is 8.78 Å². The van der Waals surface area contributed by atoms with Gasteiger partial charge in [-0.05, 0) is 39.0 Å². The zero-order valence-corrected chi connectivity index (χ0v) is 12.6. The summed E-state index contributed by atoms with van der Waals surface area (Å²) in [6.45, 7) is 4.56. The highest BCUT2D eigenvalue weighted by Gasteiger charge is 2.17. The minimum Gasteiger partial charge on any atom is -0.434 e. The fourth-order valence-electron chi connectivity index (χ4n) is 1.84. The van der Waals surface area contributed by atoms with E-state index < -0.39 is 6.61 Å². The summed E-state index contributed by atoms with van der Waals surface area (Å²) in [5.74, 6) is 0.131. The zero-order chi connectivity index (χ0) is 15.2. The van der Waals surface area contributed by atoms with Gasteiger partial charge in [-0.3, -0.25) is 0 Å². The Morgan fingerprint density at radius 1 is 1.35 bits per heavy atom. The number of rotatable bonds is 8. The smallest absolute Gasteiger partial charge is 0.387 e. The molecule has 0 aliphatic carbocycles. The Morgan fingerprint density at radius 3 is 2.65 bits per heavy atom. The van der Waals surface area contributed by atoms with E-state index in [2.05, 4.69) is 10.1 Å². The third kappa shape index (κ3) is 6.03. The van der Waals surface area contributed by atoms with Crippen LogP contribution >= 0.6 is 11.6 Å². The molecule has 0 bridgehead atoms. The first-order valence-electron chi connectivity index (χ1n) is 6.42. The van der Waals surface area contributed by atoms with Crippen LogP contribution < -0.4 is 10.1 Å². The van der Waals surface area contributed by atoms with Crippen LogP contribution in [-0.4, -0.2) is 25.4 Å². The summed E-state index contributed by atoms with van der Waals surface area (Å²) in [6.07, 6.45) is 0. The lowest BCUT2D eigenvalue weighted by molar-refractivity contribution is -0.0506. The van der Waals surface area contributed by atoms with Crippen LogP contribution in [-0.2, 0) is 11.3 Å². The van der Waals surface area contributed by atoms with Crippen molar-refractivity contribution in [2.75, 3.05) is 13.2 Å². The topological polar surface area (TPSA) is 30.5 Å². The molecule has 1 N–H and O–H groups in total. The Labute approximate surface area is 123 Å². The highest BCUT2D eigenvalue weighted by Crippen LogP contribution is 2.24. The number of hydrogen-bond donors (Lipinski definition) is 1. The Balaban J connectivity index is 2.64. The maximum absolute atomic E-state index is 12.3. The average Bonchev–Trinajstić information content (AvgIpc) is 2.31. The Morgan fingerprint density at radius 2 is 2.05 bits per heavy atom. The lowest BCUT2D eigenvalue weighted by Gasteiger charge is -2.25. The van der Waals surface area contributed by atoms with Gasteiger partial charge in [0, 0.05) is 30.3 Å². The predicted octanol–water partition coefficient (Wildman–Crippen LogP) is 3.85. The van der Waals surface area contributed by atoms with Crippen molar-refractivity contribution >= 4 is 11.6 Å². The van der Waals surface area contributed by atoms with E-state index in [9.17, 15) is 8.78 Å². The lowest BCUT2D eigenvalue weighted by atomic mass is 10.1. The first-order valence-corrected chi connectivity index (χ1v) is 6.80. The van der Waals surface area contributed by atoms with Gasteiger partial charge in [-0.2, -0.15) is 8.78 Å². The normalized spacial score (nSPS) is 11.9. The molecule has 3 nitrogen and oxygen atoms in total. The molecule has 0 radical (unpaired) electrons. The molecule has 0 unspecified atom stereocenters. The van der Waals surface area contributed by atoms with Crippen molar-refractivity contribution < 1.29 is 18.3 Å². The van der Waals surface area contributed by atoms with Crippen LogP contribution in [0.25, 0.3) is 0 Å². The maximum Gasteiger partial charge on any atom is 0.387 e. The molecule has 0 saturated heterocycles. The van der Waals surface area contributed by atoms with Crippen molar-refractivity contribution in [2.24, 2.45) is 0 Å². The van der Waals surface area contributed by atoms with Gasteiger partial charge < -0.3 is 14.8 Å². The van der Waals surface area contributed by atoms with Gasteiger partial charge >= 0.3 is 6.61 Å². The Hall–Kier alpha value is -0.910. The summed E-state index contributed by atoms with van der Waals surface area (Å²) < 4.78 is 34.6. The number of ether oxygens (including phenoxy) is 2. The fraction of sp³-hybridized carbons (Fsp3) is 0.571. The van der Waals surface area contributed by atoms with E-state index in [-0.39, 0.29) is 11.4 Å². The highest BCUT2D eigenvalue weighted by atomic mass is 35.5. The molecule has 0 aliphatic heterocycles. The summed E-state index contributed by atoms with van der Waals surface area (Å²) in [5.41, 5.74) is 0.266. The van der Waals surface area contributed by atoms with Gasteiger partial charge in [0.05, 0.1) is 5.60 Å². The minimum absolute atomic E-state index is 0.131. The number of hydrogen-bond acceptors (Lipinski definition) is 3. The quantitative estimate of drug-likeness (QED) is 0.791. The number of alkyl halides is 2. The molecule has 1 rings (SSSR count). The van der Waals surface area contributed by atoms with Crippen molar-refractivity contribution in [3.05, 3.63) is 28.8 Å². The molecule has 0 aromatic heterocycles. The number of halogens is 3. The molecule has 0 saturated carbocycles. The number of benzene rings is 1. The van der Waals surface area contributed by atoms with Crippen LogP contribution in [0.3, 0.4) is 0 Å². The van der Waals surface area contributed by atoms with Gasteiger partial charge in [0.2, 0.25) is 0 Å². The number of nitrogens with one attached hydrogen (secondary N) is 1. The van der Waals surface area contributed by atoms with Crippen LogP contribution in [0.5, 0.6) is 5.75 Å². The van der Waals surface area contributed by atoms with Crippen molar-refractivity contribution in [3.63, 3.8) is 0 Å². The molecular formula is C14H20ClF2NO2. The third-order valence-electron chi connectivity index (χ3n) is 2.64. The predicted molar refractivity (Wildman–Crippen MR) is 75.5 cm³/mol. The Bertz CT molecular complexity index is 428. The highest BCUT2D eigenvalue weighted by molar-refractivity contribution is 6.30. The second kappa shape index (κ2) is 7.76. The van der Waals surface area contributed by atoms with Crippen molar-refractivity contribution in [1.82, 2.24) is 5.32 Å². The van der Waals surface area contributed by atoms with E-state index in [1.807, 2.05) is 20.8 Å². The molecule has 20 heavy (non-hydrogen) atoms. The summed E-state index contributed by atoms with van der Waals surface area (Å²) in [6, 6.07) is 4.58. The molecule has 1 aromatic carbocycles. The summed E-state index contributed by atoms with van der Waals surface area (Å²) in [5, 5.41) is 3.64. The van der Waals surface area contributed by atoms with Gasteiger partial charge in [0.1, 0.15) is 5.75 Å². The van der Waals surface area contributed by atoms with Gasteiger partial charge in [-0.15, -0.1) is 0 Å². The van der Waals surface area contributed by atoms with Crippen molar-refractivity contribution in [2.45, 2.75) is 39.5 Å². The van der Waals surface area contributed by atoms with Gasteiger partial charge in [-0.25, -0.2) is 0 Å². The first kappa shape index (κ1) is 17.1. The largest absolute Gasteiger partial charge is 0.434 e. The van der Waals surface area contributed by atoms with Crippen LogP contribution in [0.15, 0.2) is 18.2 Å². The van der Waals surface area contributed by atoms with E-state index in [1.54, 1.807) is 6.07 Å². The third-order valence-corrected chi connectivity index (χ3v) is 2.87. The van der Waals surface area contributed by atoms with E-state index in [0.29, 0.717) is 30.3 Å².